The number of alkyl carbamates (subject to hydrolysis) is 1. The lowest BCUT2D eigenvalue weighted by molar-refractivity contribution is 0.137. The zero-order chi connectivity index (χ0) is 16.8. The molecule has 1 amide bonds. The molecule has 1 aromatic heterocycles. The number of rotatable bonds is 6. The number of benzene rings is 1. The first kappa shape index (κ1) is 16.9. The average molecular weight is 324 g/mol. The predicted octanol–water partition coefficient (Wildman–Crippen LogP) is 2.49. The Kier molecular flexibility index (Phi) is 5.61. The number of amides is 1. The van der Waals surface area contributed by atoms with Crippen LogP contribution in [0, 0.1) is 17.6 Å². The number of carbonyl (C=O) groups excluding carboxylic acids is 1. The molecule has 0 aliphatic rings. The second-order valence-electron chi connectivity index (χ2n) is 5.49. The number of ether oxygens (including phenoxy) is 1. The minimum absolute atomic E-state index is 0.0378. The molecule has 0 aliphatic carbocycles. The second-order valence-corrected chi connectivity index (χ2v) is 5.49. The van der Waals surface area contributed by atoms with Gasteiger partial charge in [-0.15, -0.1) is 5.10 Å². The lowest BCUT2D eigenvalue weighted by atomic mass is 10.2. The van der Waals surface area contributed by atoms with Gasteiger partial charge in [0.2, 0.25) is 0 Å². The number of nitrogens with zero attached hydrogens (tertiary/aromatic N) is 3. The Bertz CT molecular complexity index is 673. The molecule has 124 valence electrons. The fourth-order valence-electron chi connectivity index (χ4n) is 1.80. The fourth-order valence-corrected chi connectivity index (χ4v) is 1.80. The van der Waals surface area contributed by atoms with Crippen LogP contribution < -0.4 is 5.32 Å². The van der Waals surface area contributed by atoms with Crippen molar-refractivity contribution in [1.29, 1.82) is 0 Å². The second kappa shape index (κ2) is 7.66. The van der Waals surface area contributed by atoms with Crippen molar-refractivity contribution in [3.05, 3.63) is 47.3 Å². The number of nitrogens with one attached hydrogen (secondary N) is 1. The minimum atomic E-state index is -0.538. The van der Waals surface area contributed by atoms with E-state index in [2.05, 4.69) is 15.6 Å². The maximum absolute atomic E-state index is 13.6. The smallest absolute Gasteiger partial charge is 0.407 e. The van der Waals surface area contributed by atoms with E-state index in [0.717, 1.165) is 18.2 Å². The Morgan fingerprint density at radius 3 is 2.91 bits per heavy atom. The van der Waals surface area contributed by atoms with Crippen LogP contribution in [0.15, 0.2) is 24.4 Å². The maximum atomic E-state index is 13.6. The normalized spacial score (nSPS) is 10.8. The van der Waals surface area contributed by atoms with Gasteiger partial charge in [-0.25, -0.2) is 18.3 Å². The van der Waals surface area contributed by atoms with Crippen LogP contribution in [0.5, 0.6) is 0 Å². The Morgan fingerprint density at radius 1 is 1.39 bits per heavy atom. The summed E-state index contributed by atoms with van der Waals surface area (Å²) in [4.78, 5) is 11.4. The first-order valence-corrected chi connectivity index (χ1v) is 7.17. The summed E-state index contributed by atoms with van der Waals surface area (Å²) in [6.07, 6.45) is 0.976. The topological polar surface area (TPSA) is 69.0 Å². The highest BCUT2D eigenvalue weighted by Crippen LogP contribution is 2.11. The summed E-state index contributed by atoms with van der Waals surface area (Å²) < 4.78 is 33.0. The zero-order valence-electron chi connectivity index (χ0n) is 12.9. The van der Waals surface area contributed by atoms with Gasteiger partial charge >= 0.3 is 6.09 Å². The van der Waals surface area contributed by atoms with Crippen LogP contribution >= 0.6 is 0 Å². The highest BCUT2D eigenvalue weighted by molar-refractivity contribution is 5.67. The van der Waals surface area contributed by atoms with Crippen LogP contribution in [0.25, 0.3) is 0 Å². The van der Waals surface area contributed by atoms with Gasteiger partial charge in [-0.05, 0) is 24.1 Å². The molecule has 1 aromatic carbocycles. The van der Waals surface area contributed by atoms with E-state index in [-0.39, 0.29) is 18.7 Å². The predicted molar refractivity (Wildman–Crippen MR) is 78.5 cm³/mol. The summed E-state index contributed by atoms with van der Waals surface area (Å²) in [5.74, 6) is -0.718. The lowest BCUT2D eigenvalue weighted by Gasteiger charge is -2.07. The molecule has 0 saturated heterocycles. The third-order valence-corrected chi connectivity index (χ3v) is 2.93. The van der Waals surface area contributed by atoms with Gasteiger partial charge < -0.3 is 10.1 Å². The van der Waals surface area contributed by atoms with Crippen LogP contribution in [0.4, 0.5) is 13.6 Å². The minimum Gasteiger partial charge on any atom is -0.443 e. The number of carbonyl (C=O) groups is 1. The summed E-state index contributed by atoms with van der Waals surface area (Å²) in [7, 11) is 0. The SMILES string of the molecule is CC(C)CNC(=O)OCc1cn(Cc2cc(F)ccc2F)nn1. The Labute approximate surface area is 132 Å². The monoisotopic (exact) mass is 324 g/mol. The molecule has 0 radical (unpaired) electrons. The third-order valence-electron chi connectivity index (χ3n) is 2.93. The molecule has 2 aromatic rings. The van der Waals surface area contributed by atoms with E-state index < -0.39 is 17.7 Å². The van der Waals surface area contributed by atoms with E-state index >= 15 is 0 Å². The van der Waals surface area contributed by atoms with Crippen molar-refractivity contribution >= 4 is 6.09 Å². The van der Waals surface area contributed by atoms with Crippen molar-refractivity contribution in [1.82, 2.24) is 20.3 Å². The third kappa shape index (κ3) is 5.32. The molecular weight excluding hydrogens is 306 g/mol. The summed E-state index contributed by atoms with van der Waals surface area (Å²) in [6.45, 7) is 4.45. The van der Waals surface area contributed by atoms with Gasteiger partial charge in [-0.3, -0.25) is 0 Å². The maximum Gasteiger partial charge on any atom is 0.407 e. The Hall–Kier alpha value is -2.51. The zero-order valence-corrected chi connectivity index (χ0v) is 12.9. The van der Waals surface area contributed by atoms with Crippen molar-refractivity contribution < 1.29 is 18.3 Å². The number of hydrogen-bond donors (Lipinski definition) is 1. The van der Waals surface area contributed by atoms with Gasteiger partial charge in [-0.2, -0.15) is 0 Å². The Morgan fingerprint density at radius 2 is 2.17 bits per heavy atom. The number of halogens is 2. The van der Waals surface area contributed by atoms with Gasteiger partial charge in [0.15, 0.2) is 0 Å². The van der Waals surface area contributed by atoms with E-state index in [4.69, 9.17) is 4.74 Å². The quantitative estimate of drug-likeness (QED) is 0.886. The lowest BCUT2D eigenvalue weighted by Crippen LogP contribution is -2.27. The van der Waals surface area contributed by atoms with E-state index in [1.165, 1.54) is 10.9 Å². The largest absolute Gasteiger partial charge is 0.443 e. The van der Waals surface area contributed by atoms with E-state index in [9.17, 15) is 13.6 Å². The van der Waals surface area contributed by atoms with E-state index in [1.807, 2.05) is 13.8 Å². The molecule has 0 fully saturated rings. The van der Waals surface area contributed by atoms with Crippen molar-refractivity contribution in [2.24, 2.45) is 5.92 Å². The summed E-state index contributed by atoms with van der Waals surface area (Å²) >= 11 is 0. The van der Waals surface area contributed by atoms with Gasteiger partial charge in [0, 0.05) is 12.1 Å². The molecule has 0 bridgehead atoms. The van der Waals surface area contributed by atoms with Crippen molar-refractivity contribution in [3.8, 4) is 0 Å². The highest BCUT2D eigenvalue weighted by Gasteiger charge is 2.09. The molecule has 0 atom stereocenters. The van der Waals surface area contributed by atoms with Gasteiger partial charge in [0.1, 0.15) is 23.9 Å². The molecule has 0 saturated carbocycles. The van der Waals surface area contributed by atoms with Crippen LogP contribution in [0.2, 0.25) is 0 Å². The van der Waals surface area contributed by atoms with Crippen LogP contribution in [-0.4, -0.2) is 27.6 Å². The summed E-state index contributed by atoms with van der Waals surface area (Å²) in [5.41, 5.74) is 0.582. The molecule has 1 N–H and O–H groups in total. The van der Waals surface area contributed by atoms with Crippen LogP contribution in [0.3, 0.4) is 0 Å². The highest BCUT2D eigenvalue weighted by atomic mass is 19.1. The molecule has 0 aliphatic heterocycles. The first-order chi connectivity index (χ1) is 10.9. The van der Waals surface area contributed by atoms with Gasteiger partial charge in [-0.1, -0.05) is 19.1 Å². The molecule has 1 heterocycles. The average Bonchev–Trinajstić information content (AvgIpc) is 2.94. The Balaban J connectivity index is 1.88. The van der Waals surface area contributed by atoms with Crippen molar-refractivity contribution in [2.75, 3.05) is 6.54 Å². The molecular formula is C15H18F2N4O2. The molecule has 0 spiro atoms. The van der Waals surface area contributed by atoms with E-state index in [1.54, 1.807) is 0 Å². The van der Waals surface area contributed by atoms with Gasteiger partial charge in [0.25, 0.3) is 0 Å². The van der Waals surface area contributed by atoms with Gasteiger partial charge in [0.05, 0.1) is 12.7 Å². The molecule has 8 heteroatoms. The molecule has 23 heavy (non-hydrogen) atoms. The molecule has 0 unspecified atom stereocenters. The van der Waals surface area contributed by atoms with Crippen molar-refractivity contribution in [2.45, 2.75) is 27.0 Å². The van der Waals surface area contributed by atoms with Crippen LogP contribution in [0.1, 0.15) is 25.1 Å². The van der Waals surface area contributed by atoms with Crippen molar-refractivity contribution in [3.63, 3.8) is 0 Å². The summed E-state index contributed by atoms with van der Waals surface area (Å²) in [6, 6.07) is 3.21. The van der Waals surface area contributed by atoms with E-state index in [0.29, 0.717) is 18.2 Å². The molecule has 2 rings (SSSR count). The number of hydrogen-bond acceptors (Lipinski definition) is 4. The number of aromatic nitrogens is 3. The fraction of sp³-hybridized carbons (Fsp3) is 0.400. The van der Waals surface area contributed by atoms with Crippen LogP contribution in [-0.2, 0) is 17.9 Å². The summed E-state index contributed by atoms with van der Waals surface area (Å²) in [5, 5.41) is 10.2. The first-order valence-electron chi connectivity index (χ1n) is 7.17. The standard InChI is InChI=1S/C15H18F2N4O2/c1-10(2)6-18-15(22)23-9-13-8-21(20-19-13)7-11-5-12(16)3-4-14(11)17/h3-5,8,10H,6-7,9H2,1-2H3,(H,18,22). The molecule has 6 nitrogen and oxygen atoms in total.